The second-order valence-electron chi connectivity index (χ2n) is 4.83. The molecule has 1 amide bonds. The number of likely N-dealkylation sites (N-methyl/N-ethyl adjacent to an activating group) is 1. The number of carbonyl (C=O) groups is 1. The summed E-state index contributed by atoms with van der Waals surface area (Å²) in [5, 5.41) is 2.92. The van der Waals surface area contributed by atoms with Crippen molar-refractivity contribution in [3.05, 3.63) is 29.8 Å². The molecule has 0 bridgehead atoms. The van der Waals surface area contributed by atoms with Crippen LogP contribution in [0, 0.1) is 0 Å². The van der Waals surface area contributed by atoms with Crippen molar-refractivity contribution in [3.8, 4) is 0 Å². The molecule has 0 aliphatic carbocycles. The van der Waals surface area contributed by atoms with Gasteiger partial charge in [-0.05, 0) is 45.5 Å². The fourth-order valence-electron chi connectivity index (χ4n) is 1.65. The number of nitrogens with two attached hydrogens (primary N) is 1. The molecule has 4 nitrogen and oxygen atoms in total. The van der Waals surface area contributed by atoms with E-state index in [0.717, 1.165) is 11.3 Å². The van der Waals surface area contributed by atoms with Gasteiger partial charge in [-0.1, -0.05) is 12.1 Å². The van der Waals surface area contributed by atoms with Crippen LogP contribution in [-0.2, 0) is 11.3 Å². The van der Waals surface area contributed by atoms with Crippen LogP contribution < -0.4 is 11.1 Å². The first-order valence-electron chi connectivity index (χ1n) is 6.27. The van der Waals surface area contributed by atoms with Crippen molar-refractivity contribution < 1.29 is 4.79 Å². The molecule has 0 heterocycles. The lowest BCUT2D eigenvalue weighted by atomic mass is 10.2. The number of hydrogen-bond donors (Lipinski definition) is 2. The first-order valence-corrected chi connectivity index (χ1v) is 6.27. The molecule has 1 unspecified atom stereocenters. The average Bonchev–Trinajstić information content (AvgIpc) is 2.36. The molecule has 0 saturated heterocycles. The van der Waals surface area contributed by atoms with Gasteiger partial charge >= 0.3 is 0 Å². The summed E-state index contributed by atoms with van der Waals surface area (Å²) in [5.41, 5.74) is 7.39. The second kappa shape index (κ2) is 6.52. The van der Waals surface area contributed by atoms with Crippen molar-refractivity contribution in [3.63, 3.8) is 0 Å². The monoisotopic (exact) mass is 249 g/mol. The van der Waals surface area contributed by atoms with Crippen LogP contribution in [0.25, 0.3) is 0 Å². The second-order valence-corrected chi connectivity index (χ2v) is 4.83. The van der Waals surface area contributed by atoms with Gasteiger partial charge in [-0.2, -0.15) is 0 Å². The zero-order valence-electron chi connectivity index (χ0n) is 11.6. The van der Waals surface area contributed by atoms with Crippen LogP contribution in [0.3, 0.4) is 0 Å². The van der Waals surface area contributed by atoms with E-state index in [9.17, 15) is 4.79 Å². The smallest absolute Gasteiger partial charge is 0.241 e. The van der Waals surface area contributed by atoms with E-state index >= 15 is 0 Å². The van der Waals surface area contributed by atoms with Crippen LogP contribution in [-0.4, -0.2) is 29.9 Å². The molecule has 0 saturated carbocycles. The van der Waals surface area contributed by atoms with Gasteiger partial charge in [-0.3, -0.25) is 9.69 Å². The van der Waals surface area contributed by atoms with E-state index in [1.165, 1.54) is 0 Å². The Morgan fingerprint density at radius 1 is 1.39 bits per heavy atom. The number of nitrogens with zero attached hydrogens (tertiary/aromatic N) is 1. The Bertz CT molecular complexity index is 404. The van der Waals surface area contributed by atoms with Crippen molar-refractivity contribution in [2.24, 2.45) is 5.73 Å². The molecular weight excluding hydrogens is 226 g/mol. The van der Waals surface area contributed by atoms with Gasteiger partial charge in [-0.25, -0.2) is 0 Å². The van der Waals surface area contributed by atoms with Crippen molar-refractivity contribution >= 4 is 11.6 Å². The Kier molecular flexibility index (Phi) is 5.31. The van der Waals surface area contributed by atoms with Crippen molar-refractivity contribution in [2.45, 2.75) is 39.4 Å². The molecule has 1 atom stereocenters. The lowest BCUT2D eigenvalue weighted by molar-refractivity contribution is -0.120. The lowest BCUT2D eigenvalue weighted by Crippen LogP contribution is -2.43. The molecule has 18 heavy (non-hydrogen) atoms. The van der Waals surface area contributed by atoms with Crippen LogP contribution in [0.15, 0.2) is 24.3 Å². The van der Waals surface area contributed by atoms with E-state index < -0.39 is 0 Å². The van der Waals surface area contributed by atoms with Crippen LogP contribution in [0.2, 0.25) is 0 Å². The average molecular weight is 249 g/mol. The summed E-state index contributed by atoms with van der Waals surface area (Å²) >= 11 is 0. The van der Waals surface area contributed by atoms with Crippen molar-refractivity contribution in [1.29, 1.82) is 0 Å². The summed E-state index contributed by atoms with van der Waals surface area (Å²) in [7, 11) is 1.95. The number of benzene rings is 1. The minimum Gasteiger partial charge on any atom is -0.326 e. The highest BCUT2D eigenvalue weighted by molar-refractivity contribution is 5.94. The molecular formula is C14H23N3O. The highest BCUT2D eigenvalue weighted by atomic mass is 16.2. The maximum Gasteiger partial charge on any atom is 0.241 e. The molecule has 0 spiro atoms. The molecule has 1 aromatic rings. The van der Waals surface area contributed by atoms with Crippen molar-refractivity contribution in [2.75, 3.05) is 12.4 Å². The summed E-state index contributed by atoms with van der Waals surface area (Å²) in [6.45, 7) is 6.52. The van der Waals surface area contributed by atoms with Crippen molar-refractivity contribution in [1.82, 2.24) is 4.90 Å². The third-order valence-electron chi connectivity index (χ3n) is 3.24. The lowest BCUT2D eigenvalue weighted by Gasteiger charge is -2.27. The number of amides is 1. The summed E-state index contributed by atoms with van der Waals surface area (Å²) < 4.78 is 0. The quantitative estimate of drug-likeness (QED) is 0.836. The van der Waals surface area contributed by atoms with Gasteiger partial charge in [-0.15, -0.1) is 0 Å². The maximum atomic E-state index is 12.1. The molecule has 1 aromatic carbocycles. The van der Waals surface area contributed by atoms with Crippen LogP contribution in [0.4, 0.5) is 5.69 Å². The zero-order chi connectivity index (χ0) is 13.7. The number of anilines is 1. The third-order valence-corrected chi connectivity index (χ3v) is 3.24. The molecule has 100 valence electrons. The Hall–Kier alpha value is -1.39. The predicted molar refractivity (Wildman–Crippen MR) is 75.3 cm³/mol. The normalized spacial score (nSPS) is 12.8. The summed E-state index contributed by atoms with van der Waals surface area (Å²) in [6.07, 6.45) is 0. The fraction of sp³-hybridized carbons (Fsp3) is 0.500. The van der Waals surface area contributed by atoms with Gasteiger partial charge in [0.25, 0.3) is 0 Å². The molecule has 4 heteroatoms. The highest BCUT2D eigenvalue weighted by Crippen LogP contribution is 2.12. The van der Waals surface area contributed by atoms with Crippen LogP contribution >= 0.6 is 0 Å². The standard InChI is InChI=1S/C14H23N3O/c1-10(2)17(4)11(3)14(18)16-13-7-5-6-12(8-13)9-15/h5-8,10-11H,9,15H2,1-4H3,(H,16,18). The molecule has 0 fully saturated rings. The van der Waals surface area contributed by atoms with E-state index in [-0.39, 0.29) is 11.9 Å². The van der Waals surface area contributed by atoms with E-state index in [1.807, 2.05) is 43.1 Å². The van der Waals surface area contributed by atoms with Gasteiger partial charge in [0.2, 0.25) is 5.91 Å². The molecule has 0 radical (unpaired) electrons. The number of nitrogens with one attached hydrogen (secondary N) is 1. The van der Waals surface area contributed by atoms with Gasteiger partial charge < -0.3 is 11.1 Å². The number of carbonyl (C=O) groups excluding carboxylic acids is 1. The Morgan fingerprint density at radius 2 is 2.06 bits per heavy atom. The zero-order valence-corrected chi connectivity index (χ0v) is 11.6. The molecule has 1 rings (SSSR count). The van der Waals surface area contributed by atoms with Gasteiger partial charge in [0, 0.05) is 18.3 Å². The van der Waals surface area contributed by atoms with Crippen LogP contribution in [0.5, 0.6) is 0 Å². The minimum atomic E-state index is -0.161. The Balaban J connectivity index is 2.69. The predicted octanol–water partition coefficient (Wildman–Crippen LogP) is 1.81. The van der Waals surface area contributed by atoms with E-state index in [1.54, 1.807) is 0 Å². The summed E-state index contributed by atoms with van der Waals surface area (Å²) in [5.74, 6) is 0.000344. The van der Waals surface area contributed by atoms with E-state index in [2.05, 4.69) is 19.2 Å². The molecule has 0 aliphatic heterocycles. The number of rotatable bonds is 5. The van der Waals surface area contributed by atoms with Gasteiger partial charge in [0.1, 0.15) is 0 Å². The third kappa shape index (κ3) is 3.82. The first kappa shape index (κ1) is 14.7. The van der Waals surface area contributed by atoms with E-state index in [0.29, 0.717) is 12.6 Å². The minimum absolute atomic E-state index is 0.000344. The summed E-state index contributed by atoms with van der Waals surface area (Å²) in [4.78, 5) is 14.1. The summed E-state index contributed by atoms with van der Waals surface area (Å²) in [6, 6.07) is 7.79. The van der Waals surface area contributed by atoms with Gasteiger partial charge in [0.15, 0.2) is 0 Å². The first-order chi connectivity index (χ1) is 8.45. The molecule has 3 N–H and O–H groups in total. The Labute approximate surface area is 109 Å². The molecule has 0 aromatic heterocycles. The molecule has 0 aliphatic rings. The topological polar surface area (TPSA) is 58.4 Å². The van der Waals surface area contributed by atoms with E-state index in [4.69, 9.17) is 5.73 Å². The maximum absolute atomic E-state index is 12.1. The van der Waals surface area contributed by atoms with Crippen LogP contribution in [0.1, 0.15) is 26.3 Å². The largest absolute Gasteiger partial charge is 0.326 e. The SMILES string of the molecule is CC(C)N(C)C(C)C(=O)Nc1cccc(CN)c1. The highest BCUT2D eigenvalue weighted by Gasteiger charge is 2.19. The van der Waals surface area contributed by atoms with Gasteiger partial charge in [0.05, 0.1) is 6.04 Å². The fourth-order valence-corrected chi connectivity index (χ4v) is 1.65. The number of hydrogen-bond acceptors (Lipinski definition) is 3. The Morgan fingerprint density at radius 3 is 2.61 bits per heavy atom.